The number of rotatable bonds is 3. The molecule has 13 heavy (non-hydrogen) atoms. The van der Waals surface area contributed by atoms with Gasteiger partial charge in [0.15, 0.2) is 0 Å². The van der Waals surface area contributed by atoms with E-state index in [1.54, 1.807) is 6.08 Å². The molecule has 0 fully saturated rings. The minimum atomic E-state index is -0.0497. The van der Waals surface area contributed by atoms with Crippen molar-refractivity contribution in [3.63, 3.8) is 0 Å². The van der Waals surface area contributed by atoms with Gasteiger partial charge in [0.05, 0.1) is 0 Å². The lowest BCUT2D eigenvalue weighted by atomic mass is 10.0. The van der Waals surface area contributed by atoms with Crippen molar-refractivity contribution in [2.24, 2.45) is 0 Å². The van der Waals surface area contributed by atoms with Crippen LogP contribution >= 0.6 is 0 Å². The maximum absolute atomic E-state index is 11.0. The second kappa shape index (κ2) is 5.14. The molecule has 0 aliphatic rings. The first-order valence-corrected chi connectivity index (χ1v) is 4.27. The summed E-state index contributed by atoms with van der Waals surface area (Å²) in [7, 11) is 0. The highest BCUT2D eigenvalue weighted by atomic mass is 16.1. The van der Waals surface area contributed by atoms with Crippen LogP contribution in [0.5, 0.6) is 0 Å². The van der Waals surface area contributed by atoms with Crippen molar-refractivity contribution < 1.29 is 4.79 Å². The van der Waals surface area contributed by atoms with Crippen LogP contribution in [0.4, 0.5) is 0 Å². The lowest BCUT2D eigenvalue weighted by Gasteiger charge is -2.01. The summed E-state index contributed by atoms with van der Waals surface area (Å²) in [5.74, 6) is -0.0497. The van der Waals surface area contributed by atoms with Gasteiger partial charge in [0.25, 0.3) is 0 Å². The lowest BCUT2D eigenvalue weighted by molar-refractivity contribution is -0.116. The SMILES string of the molecule is C/C=C/[11C](=O)NCc1ccccc1. The summed E-state index contributed by atoms with van der Waals surface area (Å²) in [5.41, 5.74) is 1.11. The first-order valence-electron chi connectivity index (χ1n) is 4.27. The predicted molar refractivity (Wildman–Crippen MR) is 53.1 cm³/mol. The minimum absolute atomic E-state index is 0.0497. The van der Waals surface area contributed by atoms with Crippen molar-refractivity contribution in [1.82, 2.24) is 5.32 Å². The molecule has 0 aromatic heterocycles. The molecule has 1 N–H and O–H groups in total. The highest BCUT2D eigenvalue weighted by molar-refractivity contribution is 5.87. The molecule has 0 aliphatic heterocycles. The number of carbonyl (C=O) groups excluding carboxylic acids is 1. The second-order valence-corrected chi connectivity index (χ2v) is 2.70. The molecule has 0 bridgehead atoms. The smallest absolute Gasteiger partial charge is 0.243 e. The second-order valence-electron chi connectivity index (χ2n) is 2.70. The summed E-state index contributed by atoms with van der Waals surface area (Å²) >= 11 is 0. The van der Waals surface area contributed by atoms with Gasteiger partial charge >= 0.3 is 0 Å². The maximum Gasteiger partial charge on any atom is 0.243 e. The van der Waals surface area contributed by atoms with E-state index in [0.717, 1.165) is 5.56 Å². The molecule has 1 aromatic carbocycles. The molecule has 1 rings (SSSR count). The van der Waals surface area contributed by atoms with E-state index >= 15 is 0 Å². The van der Waals surface area contributed by atoms with E-state index in [9.17, 15) is 4.79 Å². The molecule has 1 amide bonds. The van der Waals surface area contributed by atoms with Crippen LogP contribution < -0.4 is 5.32 Å². The quantitative estimate of drug-likeness (QED) is 0.696. The first kappa shape index (κ1) is 9.52. The van der Waals surface area contributed by atoms with Crippen LogP contribution in [0.3, 0.4) is 0 Å². The Morgan fingerprint density at radius 1 is 1.38 bits per heavy atom. The molecule has 0 spiro atoms. The van der Waals surface area contributed by atoms with E-state index in [1.165, 1.54) is 6.08 Å². The molecule has 1 aromatic rings. The van der Waals surface area contributed by atoms with Crippen LogP contribution in [0.1, 0.15) is 12.5 Å². The molecule has 68 valence electrons. The van der Waals surface area contributed by atoms with E-state index in [-0.39, 0.29) is 5.91 Å². The Kier molecular flexibility index (Phi) is 3.76. The summed E-state index contributed by atoms with van der Waals surface area (Å²) in [6.45, 7) is 2.41. The van der Waals surface area contributed by atoms with E-state index < -0.39 is 0 Å². The minimum Gasteiger partial charge on any atom is -0.348 e. The van der Waals surface area contributed by atoms with Crippen molar-refractivity contribution in [3.8, 4) is 0 Å². The average Bonchev–Trinajstić information content (AvgIpc) is 2.17. The highest BCUT2D eigenvalue weighted by Gasteiger charge is 1.93. The molecule has 0 aliphatic carbocycles. The number of carbonyl (C=O) groups is 1. The predicted octanol–water partition coefficient (Wildman–Crippen LogP) is 1.88. The summed E-state index contributed by atoms with van der Waals surface area (Å²) in [6.07, 6.45) is 3.24. The van der Waals surface area contributed by atoms with Crippen molar-refractivity contribution in [2.75, 3.05) is 0 Å². The number of benzene rings is 1. The zero-order valence-electron chi connectivity index (χ0n) is 7.66. The third-order valence-corrected chi connectivity index (χ3v) is 1.63. The van der Waals surface area contributed by atoms with Gasteiger partial charge in [-0.15, -0.1) is 0 Å². The fraction of sp³-hybridized carbons (Fsp3) is 0.182. The maximum atomic E-state index is 11.0. The topological polar surface area (TPSA) is 29.1 Å². The molecule has 0 saturated heterocycles. The molecule has 0 heterocycles. The van der Waals surface area contributed by atoms with Crippen LogP contribution in [-0.2, 0) is 11.3 Å². The van der Waals surface area contributed by atoms with Crippen LogP contribution in [0.15, 0.2) is 42.5 Å². The molecule has 0 unspecified atom stereocenters. The van der Waals surface area contributed by atoms with Gasteiger partial charge in [-0.1, -0.05) is 36.4 Å². The Balaban J connectivity index is 2.40. The van der Waals surface area contributed by atoms with Gasteiger partial charge in [0, 0.05) is 6.54 Å². The number of hydrogen-bond donors (Lipinski definition) is 1. The number of nitrogens with one attached hydrogen (secondary N) is 1. The fourth-order valence-corrected chi connectivity index (χ4v) is 0.995. The van der Waals surface area contributed by atoms with E-state index in [1.807, 2.05) is 37.3 Å². The summed E-state index contributed by atoms with van der Waals surface area (Å²) in [6, 6.07) is 9.83. The van der Waals surface area contributed by atoms with Gasteiger partial charge in [-0.3, -0.25) is 4.79 Å². The van der Waals surface area contributed by atoms with Crippen LogP contribution in [0, 0.1) is 0 Å². The van der Waals surface area contributed by atoms with Crippen molar-refractivity contribution in [1.29, 1.82) is 0 Å². The Morgan fingerprint density at radius 2 is 2.08 bits per heavy atom. The molecule has 0 saturated carbocycles. The Bertz CT molecular complexity index is 290. The van der Waals surface area contributed by atoms with Gasteiger partial charge in [-0.25, -0.2) is 0 Å². The third kappa shape index (κ3) is 3.56. The highest BCUT2D eigenvalue weighted by Crippen LogP contribution is 1.96. The first-order chi connectivity index (χ1) is 6.33. The number of allylic oxidation sites excluding steroid dienone is 1. The van der Waals surface area contributed by atoms with E-state index in [2.05, 4.69) is 5.32 Å². The summed E-state index contributed by atoms with van der Waals surface area (Å²) < 4.78 is 0. The zero-order valence-corrected chi connectivity index (χ0v) is 7.66. The normalized spacial score (nSPS) is 10.2. The van der Waals surface area contributed by atoms with Crippen molar-refractivity contribution in [3.05, 3.63) is 48.0 Å². The molecule has 2 heteroatoms. The van der Waals surface area contributed by atoms with Crippen LogP contribution in [0.25, 0.3) is 0 Å². The van der Waals surface area contributed by atoms with E-state index in [4.69, 9.17) is 0 Å². The number of amides is 1. The Hall–Kier alpha value is -1.57. The van der Waals surface area contributed by atoms with Crippen LogP contribution in [0.2, 0.25) is 0 Å². The molecule has 2 nitrogen and oxygen atoms in total. The molecular weight excluding hydrogens is 161 g/mol. The molecule has 0 radical (unpaired) electrons. The fourth-order valence-electron chi connectivity index (χ4n) is 0.995. The lowest BCUT2D eigenvalue weighted by Crippen LogP contribution is -2.19. The van der Waals surface area contributed by atoms with Gasteiger partial charge in [-0.2, -0.15) is 0 Å². The molecular formula is C11H13NO. The molecule has 0 atom stereocenters. The van der Waals surface area contributed by atoms with Gasteiger partial charge in [-0.05, 0) is 18.6 Å². The number of hydrogen-bond acceptors (Lipinski definition) is 1. The van der Waals surface area contributed by atoms with Gasteiger partial charge < -0.3 is 5.32 Å². The van der Waals surface area contributed by atoms with Crippen molar-refractivity contribution in [2.45, 2.75) is 13.5 Å². The Morgan fingerprint density at radius 3 is 2.69 bits per heavy atom. The van der Waals surface area contributed by atoms with Gasteiger partial charge in [0.2, 0.25) is 5.91 Å². The largest absolute Gasteiger partial charge is 0.348 e. The zero-order chi connectivity index (χ0) is 9.52. The Labute approximate surface area is 78.3 Å². The monoisotopic (exact) mass is 174 g/mol. The van der Waals surface area contributed by atoms with E-state index in [0.29, 0.717) is 6.54 Å². The standard InChI is InChI=1S/C11H13NO/c1-2-6-11(13)12-9-10-7-4-3-5-8-10/h2-8H,9H2,1H3,(H,12,13)/b6-2+/i11-1. The third-order valence-electron chi connectivity index (χ3n) is 1.63. The summed E-state index contributed by atoms with van der Waals surface area (Å²) in [5, 5.41) is 2.77. The van der Waals surface area contributed by atoms with Gasteiger partial charge in [0.1, 0.15) is 0 Å². The van der Waals surface area contributed by atoms with Crippen molar-refractivity contribution >= 4 is 5.91 Å². The summed E-state index contributed by atoms with van der Waals surface area (Å²) in [4.78, 5) is 11.0. The van der Waals surface area contributed by atoms with Crippen LogP contribution in [-0.4, -0.2) is 5.91 Å². The average molecular weight is 174 g/mol.